The topological polar surface area (TPSA) is 29.5 Å². The van der Waals surface area contributed by atoms with Crippen LogP contribution in [0.1, 0.15) is 25.0 Å². The minimum absolute atomic E-state index is 0.111. The first kappa shape index (κ1) is 31.3. The molecule has 0 saturated heterocycles. The lowest BCUT2D eigenvalue weighted by Crippen LogP contribution is -2.16. The van der Waals surface area contributed by atoms with E-state index in [1.54, 1.807) is 0 Å². The van der Waals surface area contributed by atoms with Crippen LogP contribution >= 0.6 is 0 Å². The van der Waals surface area contributed by atoms with E-state index < -0.39 is 0 Å². The first-order valence-electron chi connectivity index (χ1n) is 19.3. The van der Waals surface area contributed by atoms with E-state index in [0.29, 0.717) is 0 Å². The third-order valence-electron chi connectivity index (χ3n) is 12.2. The molecule has 0 aliphatic heterocycles. The van der Waals surface area contributed by atoms with Crippen molar-refractivity contribution in [1.82, 2.24) is 0 Å². The molecular weight excluding hydrogens is 683 g/mol. The van der Waals surface area contributed by atoms with Gasteiger partial charge in [-0.3, -0.25) is 0 Å². The van der Waals surface area contributed by atoms with Gasteiger partial charge in [-0.05, 0) is 128 Å². The lowest BCUT2D eigenvalue weighted by Gasteiger charge is -2.28. The second-order valence-electron chi connectivity index (χ2n) is 15.7. The Morgan fingerprint density at radius 1 is 0.375 bits per heavy atom. The van der Waals surface area contributed by atoms with Gasteiger partial charge in [0.1, 0.15) is 11.2 Å². The van der Waals surface area contributed by atoms with Crippen molar-refractivity contribution >= 4 is 82.5 Å². The van der Waals surface area contributed by atoms with E-state index in [1.165, 1.54) is 38.8 Å². The molecule has 12 rings (SSSR count). The van der Waals surface area contributed by atoms with Crippen LogP contribution in [0.3, 0.4) is 0 Å². The van der Waals surface area contributed by atoms with Gasteiger partial charge >= 0.3 is 0 Å². The van der Waals surface area contributed by atoms with E-state index in [-0.39, 0.29) is 5.41 Å². The third-order valence-corrected chi connectivity index (χ3v) is 12.2. The summed E-state index contributed by atoms with van der Waals surface area (Å²) in [6.45, 7) is 4.69. The number of fused-ring (bicyclic) bond motifs is 12. The average molecular weight is 718 g/mol. The van der Waals surface area contributed by atoms with Crippen LogP contribution in [0.4, 0.5) is 17.1 Å². The van der Waals surface area contributed by atoms with Gasteiger partial charge < -0.3 is 13.7 Å². The van der Waals surface area contributed by atoms with Crippen LogP contribution < -0.4 is 4.90 Å². The predicted octanol–water partition coefficient (Wildman–Crippen LogP) is 15.2. The van der Waals surface area contributed by atoms with Gasteiger partial charge in [-0.25, -0.2) is 0 Å². The molecule has 0 unspecified atom stereocenters. The highest BCUT2D eigenvalue weighted by Gasteiger charge is 2.35. The summed E-state index contributed by atoms with van der Waals surface area (Å²) in [6.07, 6.45) is 0. The fourth-order valence-electron chi connectivity index (χ4n) is 9.33. The zero-order chi connectivity index (χ0) is 37.1. The minimum atomic E-state index is -0.111. The molecule has 0 atom stereocenters. The standard InChI is InChI=1S/C53H35NO2/c1-53(2)47-15-9-8-14-41(47)42-23-22-40(31-48(42)53)54(38-19-16-33(17-20-38)32-10-4-3-5-11-32)39-21-18-36-28-46-44-25-24-43-45-27-34-12-6-7-13-35(34)29-49(45)55-51(43)52(44)56-50(46)30-37(36)26-39/h3-31H,1-2H3. The number of anilines is 3. The van der Waals surface area contributed by atoms with E-state index in [1.807, 2.05) is 0 Å². The van der Waals surface area contributed by atoms with Crippen LogP contribution in [0.25, 0.3) is 87.7 Å². The second kappa shape index (κ2) is 11.5. The molecule has 1 aliphatic carbocycles. The van der Waals surface area contributed by atoms with Crippen molar-refractivity contribution in [2.24, 2.45) is 0 Å². The number of benzene rings is 9. The van der Waals surface area contributed by atoms with Gasteiger partial charge in [0.25, 0.3) is 0 Å². The summed E-state index contributed by atoms with van der Waals surface area (Å²) in [6, 6.07) is 63.7. The lowest BCUT2D eigenvalue weighted by atomic mass is 9.82. The number of hydrogen-bond donors (Lipinski definition) is 0. The molecular formula is C53H35NO2. The number of nitrogens with zero attached hydrogens (tertiary/aromatic N) is 1. The lowest BCUT2D eigenvalue weighted by molar-refractivity contribution is 0.634. The summed E-state index contributed by atoms with van der Waals surface area (Å²) >= 11 is 0. The maximum absolute atomic E-state index is 6.72. The second-order valence-corrected chi connectivity index (χ2v) is 15.7. The molecule has 0 fully saturated rings. The van der Waals surface area contributed by atoms with Crippen molar-refractivity contribution in [3.8, 4) is 22.3 Å². The molecule has 2 heterocycles. The Hall–Kier alpha value is -7.10. The fourth-order valence-corrected chi connectivity index (χ4v) is 9.33. The first-order chi connectivity index (χ1) is 27.5. The van der Waals surface area contributed by atoms with E-state index in [9.17, 15) is 0 Å². The molecule has 0 bridgehead atoms. The maximum atomic E-state index is 6.72. The molecule has 0 saturated carbocycles. The Balaban J connectivity index is 1.02. The molecule has 0 amide bonds. The Labute approximate surface area is 323 Å². The molecule has 3 heteroatoms. The molecule has 11 aromatic rings. The van der Waals surface area contributed by atoms with Crippen molar-refractivity contribution in [3.63, 3.8) is 0 Å². The summed E-state index contributed by atoms with van der Waals surface area (Å²) in [7, 11) is 0. The Morgan fingerprint density at radius 2 is 0.911 bits per heavy atom. The van der Waals surface area contributed by atoms with Gasteiger partial charge in [-0.2, -0.15) is 0 Å². The molecule has 2 aromatic heterocycles. The van der Waals surface area contributed by atoms with E-state index in [2.05, 4.69) is 195 Å². The van der Waals surface area contributed by atoms with Crippen LogP contribution in [0.2, 0.25) is 0 Å². The van der Waals surface area contributed by atoms with Gasteiger partial charge in [-0.15, -0.1) is 0 Å². The summed E-state index contributed by atoms with van der Waals surface area (Å²) in [5.74, 6) is 0. The van der Waals surface area contributed by atoms with Crippen LogP contribution in [-0.2, 0) is 5.41 Å². The quantitative estimate of drug-likeness (QED) is 0.182. The molecule has 9 aromatic carbocycles. The zero-order valence-corrected chi connectivity index (χ0v) is 31.0. The number of rotatable bonds is 4. The highest BCUT2D eigenvalue weighted by Crippen LogP contribution is 2.51. The maximum Gasteiger partial charge on any atom is 0.178 e. The molecule has 1 aliphatic rings. The molecule has 0 N–H and O–H groups in total. The van der Waals surface area contributed by atoms with Crippen LogP contribution in [0.5, 0.6) is 0 Å². The zero-order valence-electron chi connectivity index (χ0n) is 31.0. The largest absolute Gasteiger partial charge is 0.452 e. The summed E-state index contributed by atoms with van der Waals surface area (Å²) < 4.78 is 13.3. The minimum Gasteiger partial charge on any atom is -0.452 e. The highest BCUT2D eigenvalue weighted by molar-refractivity contribution is 6.21. The summed E-state index contributed by atoms with van der Waals surface area (Å²) in [5.41, 5.74) is 14.2. The Bertz CT molecular complexity index is 3380. The molecule has 56 heavy (non-hydrogen) atoms. The molecule has 3 nitrogen and oxygen atoms in total. The normalized spacial score (nSPS) is 13.3. The van der Waals surface area contributed by atoms with Crippen molar-refractivity contribution < 1.29 is 8.83 Å². The van der Waals surface area contributed by atoms with Crippen LogP contribution in [-0.4, -0.2) is 0 Å². The average Bonchev–Trinajstić information content (AvgIpc) is 3.86. The van der Waals surface area contributed by atoms with Crippen molar-refractivity contribution in [2.75, 3.05) is 4.90 Å². The Morgan fingerprint density at radius 3 is 1.64 bits per heavy atom. The molecule has 264 valence electrons. The monoisotopic (exact) mass is 717 g/mol. The Kier molecular flexibility index (Phi) is 6.40. The van der Waals surface area contributed by atoms with Gasteiger partial charge in [-0.1, -0.05) is 117 Å². The van der Waals surface area contributed by atoms with E-state index in [4.69, 9.17) is 8.83 Å². The van der Waals surface area contributed by atoms with Gasteiger partial charge in [0.15, 0.2) is 11.2 Å². The fraction of sp³-hybridized carbons (Fsp3) is 0.0566. The molecule has 0 radical (unpaired) electrons. The van der Waals surface area contributed by atoms with E-state index in [0.717, 1.165) is 77.1 Å². The SMILES string of the molecule is CC1(C)c2ccccc2-c2ccc(N(c3ccc(-c4ccccc4)cc3)c3ccc4cc5c(cc4c3)oc3c5ccc4c5cc6ccccc6cc5oc43)cc21. The van der Waals surface area contributed by atoms with Crippen LogP contribution in [0.15, 0.2) is 185 Å². The van der Waals surface area contributed by atoms with E-state index >= 15 is 0 Å². The number of furan rings is 2. The van der Waals surface area contributed by atoms with Gasteiger partial charge in [0.05, 0.1) is 0 Å². The summed E-state index contributed by atoms with van der Waals surface area (Å²) in [4.78, 5) is 2.39. The molecule has 0 spiro atoms. The van der Waals surface area contributed by atoms with Crippen molar-refractivity contribution in [3.05, 3.63) is 187 Å². The van der Waals surface area contributed by atoms with Crippen molar-refractivity contribution in [1.29, 1.82) is 0 Å². The predicted molar refractivity (Wildman–Crippen MR) is 234 cm³/mol. The highest BCUT2D eigenvalue weighted by atomic mass is 16.4. The van der Waals surface area contributed by atoms with Gasteiger partial charge in [0, 0.05) is 44.0 Å². The number of hydrogen-bond acceptors (Lipinski definition) is 3. The van der Waals surface area contributed by atoms with Crippen molar-refractivity contribution in [2.45, 2.75) is 19.3 Å². The summed E-state index contributed by atoms with van der Waals surface area (Å²) in [5, 5.41) is 8.95. The van der Waals surface area contributed by atoms with Gasteiger partial charge in [0.2, 0.25) is 0 Å². The third kappa shape index (κ3) is 4.52. The smallest absolute Gasteiger partial charge is 0.178 e. The first-order valence-corrected chi connectivity index (χ1v) is 19.3. The van der Waals surface area contributed by atoms with Crippen LogP contribution in [0, 0.1) is 0 Å².